The smallest absolute Gasteiger partial charge is 0.340 e. The highest BCUT2D eigenvalue weighted by atomic mass is 32.2. The molecule has 0 saturated heterocycles. The lowest BCUT2D eigenvalue weighted by Gasteiger charge is -2.21. The Labute approximate surface area is 193 Å². The molecule has 0 unspecified atom stereocenters. The predicted molar refractivity (Wildman–Crippen MR) is 121 cm³/mol. The van der Waals surface area contributed by atoms with Crippen molar-refractivity contribution in [1.82, 2.24) is 0 Å². The fraction of sp³-hybridized carbons (Fsp3) is 0.136. The third-order valence-corrected chi connectivity index (χ3v) is 7.13. The lowest BCUT2D eigenvalue weighted by Crippen LogP contribution is -2.35. The van der Waals surface area contributed by atoms with E-state index in [1.54, 1.807) is 17.5 Å². The molecule has 0 radical (unpaired) electrons. The fourth-order valence-electron chi connectivity index (χ4n) is 2.83. The monoisotopic (exact) mass is 487 g/mol. The molecule has 170 valence electrons. The molecule has 3 rings (SSSR count). The summed E-state index contributed by atoms with van der Waals surface area (Å²) in [5, 5.41) is 10.5. The van der Waals surface area contributed by atoms with E-state index in [1.807, 2.05) is 6.07 Å². The van der Waals surface area contributed by atoms with Crippen molar-refractivity contribution in [2.45, 2.75) is 10.6 Å². The van der Waals surface area contributed by atoms with Crippen LogP contribution in [0, 0.1) is 17.1 Å². The molecule has 0 spiro atoms. The van der Waals surface area contributed by atoms with Crippen molar-refractivity contribution >= 4 is 44.6 Å². The number of sulfonamides is 1. The molecule has 1 amide bonds. The van der Waals surface area contributed by atoms with E-state index in [4.69, 9.17) is 10.00 Å². The van der Waals surface area contributed by atoms with Crippen LogP contribution in [0.25, 0.3) is 0 Å². The zero-order chi connectivity index (χ0) is 23.8. The average molecular weight is 488 g/mol. The van der Waals surface area contributed by atoms with Gasteiger partial charge < -0.3 is 9.64 Å². The minimum Gasteiger partial charge on any atom is -0.452 e. The topological polar surface area (TPSA) is 117 Å². The van der Waals surface area contributed by atoms with Crippen molar-refractivity contribution in [3.05, 3.63) is 77.4 Å². The predicted octanol–water partition coefficient (Wildman–Crippen LogP) is 3.79. The van der Waals surface area contributed by atoms with E-state index in [1.165, 1.54) is 53.4 Å². The summed E-state index contributed by atoms with van der Waals surface area (Å²) in [6.45, 7) is -0.636. The number of ether oxygens (including phenoxy) is 1. The fourth-order valence-corrected chi connectivity index (χ4v) is 4.90. The van der Waals surface area contributed by atoms with Crippen LogP contribution < -0.4 is 9.62 Å². The quantitative estimate of drug-likeness (QED) is 0.459. The second-order valence-electron chi connectivity index (χ2n) is 6.59. The summed E-state index contributed by atoms with van der Waals surface area (Å²) in [6, 6.07) is 15.9. The standard InChI is InChI=1S/C22H18FN3O5S2/c23-16-8-10-17(11-9-16)26(13-4-12-24)20(27)15-31-22(28)18-5-1-2-6-19(18)25-33(29,30)21-7-3-14-32-21/h1-3,5-11,14,25H,4,13,15H2. The molecule has 8 nitrogen and oxygen atoms in total. The van der Waals surface area contributed by atoms with E-state index >= 15 is 0 Å². The van der Waals surface area contributed by atoms with E-state index in [0.29, 0.717) is 5.69 Å². The van der Waals surface area contributed by atoms with E-state index in [0.717, 1.165) is 11.3 Å². The van der Waals surface area contributed by atoms with Crippen LogP contribution in [0.4, 0.5) is 15.8 Å². The maximum atomic E-state index is 13.2. The van der Waals surface area contributed by atoms with E-state index in [9.17, 15) is 22.4 Å². The maximum absolute atomic E-state index is 13.2. The first kappa shape index (κ1) is 23.9. The summed E-state index contributed by atoms with van der Waals surface area (Å²) in [7, 11) is -3.90. The Bertz CT molecular complexity index is 1270. The zero-order valence-corrected chi connectivity index (χ0v) is 18.7. The zero-order valence-electron chi connectivity index (χ0n) is 17.1. The SMILES string of the molecule is N#CCCN(C(=O)COC(=O)c1ccccc1NS(=O)(=O)c1cccs1)c1ccc(F)cc1. The first-order valence-corrected chi connectivity index (χ1v) is 11.9. The Morgan fingerprint density at radius 3 is 2.48 bits per heavy atom. The number of benzene rings is 2. The molecule has 33 heavy (non-hydrogen) atoms. The summed E-state index contributed by atoms with van der Waals surface area (Å²) in [4.78, 5) is 26.5. The van der Waals surface area contributed by atoms with Gasteiger partial charge in [-0.1, -0.05) is 18.2 Å². The van der Waals surface area contributed by atoms with E-state index < -0.39 is 34.3 Å². The van der Waals surface area contributed by atoms with Gasteiger partial charge in [0, 0.05) is 12.2 Å². The van der Waals surface area contributed by atoms with E-state index in [2.05, 4.69) is 4.72 Å². The Morgan fingerprint density at radius 1 is 1.09 bits per heavy atom. The van der Waals surface area contributed by atoms with Gasteiger partial charge in [0.15, 0.2) is 6.61 Å². The van der Waals surface area contributed by atoms with Crippen molar-refractivity contribution in [1.29, 1.82) is 5.26 Å². The normalized spacial score (nSPS) is 10.8. The number of carbonyl (C=O) groups is 2. The largest absolute Gasteiger partial charge is 0.452 e. The average Bonchev–Trinajstić information content (AvgIpc) is 3.35. The van der Waals surface area contributed by atoms with Crippen LogP contribution in [0.5, 0.6) is 0 Å². The lowest BCUT2D eigenvalue weighted by atomic mass is 10.2. The number of halogens is 1. The van der Waals surface area contributed by atoms with Crippen molar-refractivity contribution in [2.24, 2.45) is 0 Å². The van der Waals surface area contributed by atoms with Crippen LogP contribution in [0.1, 0.15) is 16.8 Å². The van der Waals surface area contributed by atoms with Crippen LogP contribution in [0.3, 0.4) is 0 Å². The van der Waals surface area contributed by atoms with Gasteiger partial charge in [-0.3, -0.25) is 9.52 Å². The number of nitrogens with zero attached hydrogens (tertiary/aromatic N) is 2. The van der Waals surface area contributed by atoms with Crippen LogP contribution in [0.15, 0.2) is 70.3 Å². The highest BCUT2D eigenvalue weighted by molar-refractivity contribution is 7.94. The molecule has 0 aliphatic rings. The van der Waals surface area contributed by atoms with Crippen molar-refractivity contribution in [3.8, 4) is 6.07 Å². The molecule has 0 aliphatic carbocycles. The van der Waals surface area contributed by atoms with Gasteiger partial charge in [-0.15, -0.1) is 11.3 Å². The molecular weight excluding hydrogens is 469 g/mol. The number of carbonyl (C=O) groups excluding carboxylic acids is 2. The van der Waals surface area contributed by atoms with Crippen LogP contribution in [-0.4, -0.2) is 33.4 Å². The number of rotatable bonds is 9. The van der Waals surface area contributed by atoms with Gasteiger partial charge in [0.05, 0.1) is 23.7 Å². The van der Waals surface area contributed by atoms with Gasteiger partial charge in [0.25, 0.3) is 15.9 Å². The summed E-state index contributed by atoms with van der Waals surface area (Å²) < 4.78 is 45.8. The molecule has 1 N–H and O–H groups in total. The lowest BCUT2D eigenvalue weighted by molar-refractivity contribution is -0.121. The Kier molecular flexibility index (Phi) is 7.76. The number of para-hydroxylation sites is 1. The number of hydrogen-bond donors (Lipinski definition) is 1. The Morgan fingerprint density at radius 2 is 1.82 bits per heavy atom. The molecule has 0 saturated carbocycles. The van der Waals surface area contributed by atoms with Crippen LogP contribution >= 0.6 is 11.3 Å². The van der Waals surface area contributed by atoms with Crippen LogP contribution in [0.2, 0.25) is 0 Å². The van der Waals surface area contributed by atoms with Gasteiger partial charge in [0.2, 0.25) is 0 Å². The van der Waals surface area contributed by atoms with Crippen LogP contribution in [-0.2, 0) is 19.6 Å². The minimum absolute atomic E-state index is 0.00298. The van der Waals surface area contributed by atoms with Gasteiger partial charge in [-0.05, 0) is 47.8 Å². The number of nitriles is 1. The number of hydrogen-bond acceptors (Lipinski definition) is 7. The van der Waals surface area contributed by atoms with Crippen molar-refractivity contribution in [2.75, 3.05) is 22.8 Å². The van der Waals surface area contributed by atoms with Crippen molar-refractivity contribution < 1.29 is 27.1 Å². The summed E-state index contributed by atoms with van der Waals surface area (Å²) in [6.07, 6.45) is 0.0182. The third kappa shape index (κ3) is 6.15. The Hall–Kier alpha value is -3.75. The summed E-state index contributed by atoms with van der Waals surface area (Å²) in [5.74, 6) is -2.02. The summed E-state index contributed by atoms with van der Waals surface area (Å²) in [5.41, 5.74) is 0.274. The number of amides is 1. The molecule has 0 bridgehead atoms. The molecule has 0 atom stereocenters. The van der Waals surface area contributed by atoms with E-state index in [-0.39, 0.29) is 28.4 Å². The molecule has 0 aliphatic heterocycles. The first-order valence-electron chi connectivity index (χ1n) is 9.57. The van der Waals surface area contributed by atoms with Gasteiger partial charge in [0.1, 0.15) is 10.0 Å². The molecule has 3 aromatic rings. The number of thiophene rings is 1. The Balaban J connectivity index is 1.73. The molecule has 11 heteroatoms. The molecule has 1 aromatic heterocycles. The maximum Gasteiger partial charge on any atom is 0.340 e. The van der Waals surface area contributed by atoms with Gasteiger partial charge >= 0.3 is 5.97 Å². The third-order valence-electron chi connectivity index (χ3n) is 4.36. The molecule has 0 fully saturated rings. The van der Waals surface area contributed by atoms with Crippen molar-refractivity contribution in [3.63, 3.8) is 0 Å². The minimum atomic E-state index is -3.90. The first-order chi connectivity index (χ1) is 15.8. The van der Waals surface area contributed by atoms with Gasteiger partial charge in [-0.25, -0.2) is 17.6 Å². The van der Waals surface area contributed by atoms with Gasteiger partial charge in [-0.2, -0.15) is 5.26 Å². The number of esters is 1. The number of nitrogens with one attached hydrogen (secondary N) is 1. The highest BCUT2D eigenvalue weighted by Crippen LogP contribution is 2.23. The number of anilines is 2. The summed E-state index contributed by atoms with van der Waals surface area (Å²) >= 11 is 1.02. The molecule has 2 aromatic carbocycles. The molecular formula is C22H18FN3O5S2. The molecule has 1 heterocycles. The second kappa shape index (κ2) is 10.7. The highest BCUT2D eigenvalue weighted by Gasteiger charge is 2.22. The second-order valence-corrected chi connectivity index (χ2v) is 9.45.